The number of rotatable bonds is 5. The number of H-pyrrole nitrogens is 1. The fourth-order valence-corrected chi connectivity index (χ4v) is 3.48. The number of ether oxygens (including phenoxy) is 2. The maximum absolute atomic E-state index is 13.3. The standard InChI is InChI=1S/C21H14FN5O2S/c1-12-24-21(30-27-12)20-25-17-9-16(28-15-3-2-8-23-11-15)10-18(19(17)26-20)29-14-6-4-13(22)5-7-14/h2-11H,1H3,(H,25,26). The van der Waals surface area contributed by atoms with Gasteiger partial charge in [-0.3, -0.25) is 4.98 Å². The first kappa shape index (κ1) is 18.2. The molecule has 0 aliphatic rings. The summed E-state index contributed by atoms with van der Waals surface area (Å²) in [6.07, 6.45) is 3.29. The first-order valence-corrected chi connectivity index (χ1v) is 9.77. The van der Waals surface area contributed by atoms with E-state index in [4.69, 9.17) is 9.47 Å². The van der Waals surface area contributed by atoms with E-state index in [2.05, 4.69) is 24.3 Å². The second kappa shape index (κ2) is 7.53. The molecule has 0 aliphatic heterocycles. The Labute approximate surface area is 174 Å². The van der Waals surface area contributed by atoms with Crippen molar-refractivity contribution in [2.45, 2.75) is 6.92 Å². The van der Waals surface area contributed by atoms with Gasteiger partial charge in [0.05, 0.1) is 11.7 Å². The van der Waals surface area contributed by atoms with Gasteiger partial charge in [0.2, 0.25) is 0 Å². The van der Waals surface area contributed by atoms with Crippen molar-refractivity contribution < 1.29 is 13.9 Å². The molecule has 0 unspecified atom stereocenters. The van der Waals surface area contributed by atoms with Gasteiger partial charge in [-0.1, -0.05) is 0 Å². The van der Waals surface area contributed by atoms with Crippen molar-refractivity contribution in [3.05, 3.63) is 72.6 Å². The number of aromatic amines is 1. The van der Waals surface area contributed by atoms with Crippen LogP contribution in [0.25, 0.3) is 21.9 Å². The Balaban J connectivity index is 1.59. The van der Waals surface area contributed by atoms with Crippen molar-refractivity contribution in [2.24, 2.45) is 0 Å². The Hall–Kier alpha value is -3.85. The normalized spacial score (nSPS) is 11.0. The van der Waals surface area contributed by atoms with Gasteiger partial charge < -0.3 is 14.5 Å². The fraction of sp³-hybridized carbons (Fsp3) is 0.0476. The molecule has 0 fully saturated rings. The van der Waals surface area contributed by atoms with E-state index in [0.717, 1.165) is 0 Å². The van der Waals surface area contributed by atoms with Gasteiger partial charge in [0.25, 0.3) is 0 Å². The predicted molar refractivity (Wildman–Crippen MR) is 111 cm³/mol. The number of nitrogens with zero attached hydrogens (tertiary/aromatic N) is 4. The van der Waals surface area contributed by atoms with Gasteiger partial charge >= 0.3 is 0 Å². The monoisotopic (exact) mass is 419 g/mol. The van der Waals surface area contributed by atoms with Gasteiger partial charge in [0.15, 0.2) is 16.6 Å². The number of halogens is 1. The average Bonchev–Trinajstić information content (AvgIpc) is 3.37. The van der Waals surface area contributed by atoms with Crippen LogP contribution in [0.5, 0.6) is 23.0 Å². The number of hydrogen-bond donors (Lipinski definition) is 1. The molecule has 9 heteroatoms. The quantitative estimate of drug-likeness (QED) is 0.404. The summed E-state index contributed by atoms with van der Waals surface area (Å²) in [6, 6.07) is 12.9. The Bertz CT molecular complexity index is 1320. The van der Waals surface area contributed by atoms with Crippen LogP contribution in [0.1, 0.15) is 5.82 Å². The zero-order valence-corrected chi connectivity index (χ0v) is 16.5. The highest BCUT2D eigenvalue weighted by atomic mass is 32.1. The van der Waals surface area contributed by atoms with Gasteiger partial charge in [-0.25, -0.2) is 14.4 Å². The molecule has 0 atom stereocenters. The molecule has 0 aliphatic carbocycles. The lowest BCUT2D eigenvalue weighted by Crippen LogP contribution is -1.90. The van der Waals surface area contributed by atoms with E-state index in [1.165, 1.54) is 23.7 Å². The highest BCUT2D eigenvalue weighted by molar-refractivity contribution is 7.09. The number of benzene rings is 2. The lowest BCUT2D eigenvalue weighted by molar-refractivity contribution is 0.462. The van der Waals surface area contributed by atoms with Crippen LogP contribution in [0, 0.1) is 12.7 Å². The van der Waals surface area contributed by atoms with Crippen LogP contribution in [0.2, 0.25) is 0 Å². The molecule has 1 N–H and O–H groups in total. The van der Waals surface area contributed by atoms with Crippen molar-refractivity contribution in [3.8, 4) is 33.8 Å². The van der Waals surface area contributed by atoms with Crippen LogP contribution in [-0.2, 0) is 0 Å². The highest BCUT2D eigenvalue weighted by Gasteiger charge is 2.16. The van der Waals surface area contributed by atoms with Crippen LogP contribution >= 0.6 is 11.5 Å². The summed E-state index contributed by atoms with van der Waals surface area (Å²) in [4.78, 5) is 16.3. The second-order valence-corrected chi connectivity index (χ2v) is 7.15. The Morgan fingerprint density at radius 3 is 2.57 bits per heavy atom. The molecule has 0 saturated carbocycles. The third kappa shape index (κ3) is 3.70. The first-order chi connectivity index (χ1) is 14.6. The van der Waals surface area contributed by atoms with E-state index in [9.17, 15) is 4.39 Å². The molecule has 5 rings (SSSR count). The van der Waals surface area contributed by atoms with Crippen molar-refractivity contribution in [1.82, 2.24) is 24.3 Å². The maximum atomic E-state index is 13.3. The molecule has 0 saturated heterocycles. The van der Waals surface area contributed by atoms with E-state index < -0.39 is 0 Å². The van der Waals surface area contributed by atoms with Crippen molar-refractivity contribution in [1.29, 1.82) is 0 Å². The molecule has 0 bridgehead atoms. The molecule has 3 heterocycles. The molecule has 5 aromatic rings. The Kier molecular flexibility index (Phi) is 4.56. The number of pyridine rings is 1. The highest BCUT2D eigenvalue weighted by Crippen LogP contribution is 2.36. The number of imidazole rings is 1. The van der Waals surface area contributed by atoms with E-state index in [0.29, 0.717) is 50.7 Å². The van der Waals surface area contributed by atoms with Gasteiger partial charge in [0, 0.05) is 18.3 Å². The molecule has 0 radical (unpaired) electrons. The van der Waals surface area contributed by atoms with Crippen molar-refractivity contribution in [3.63, 3.8) is 0 Å². The van der Waals surface area contributed by atoms with Crippen LogP contribution in [0.15, 0.2) is 60.9 Å². The number of nitrogens with one attached hydrogen (secondary N) is 1. The lowest BCUT2D eigenvalue weighted by Gasteiger charge is -2.10. The minimum Gasteiger partial charge on any atom is -0.456 e. The van der Waals surface area contributed by atoms with Gasteiger partial charge in [-0.05, 0) is 54.9 Å². The van der Waals surface area contributed by atoms with E-state index >= 15 is 0 Å². The number of aromatic nitrogens is 5. The summed E-state index contributed by atoms with van der Waals surface area (Å²) in [5.74, 6) is 2.99. The molecule has 2 aromatic carbocycles. The zero-order chi connectivity index (χ0) is 20.5. The van der Waals surface area contributed by atoms with Crippen molar-refractivity contribution in [2.75, 3.05) is 0 Å². The summed E-state index contributed by atoms with van der Waals surface area (Å²) in [5.41, 5.74) is 1.30. The van der Waals surface area contributed by atoms with E-state index in [1.54, 1.807) is 42.7 Å². The lowest BCUT2D eigenvalue weighted by atomic mass is 10.2. The molecule has 30 heavy (non-hydrogen) atoms. The first-order valence-electron chi connectivity index (χ1n) is 9.00. The third-order valence-electron chi connectivity index (χ3n) is 4.17. The summed E-state index contributed by atoms with van der Waals surface area (Å²) in [7, 11) is 0. The third-order valence-corrected chi connectivity index (χ3v) is 4.98. The van der Waals surface area contributed by atoms with Crippen LogP contribution in [0.3, 0.4) is 0 Å². The Morgan fingerprint density at radius 1 is 0.967 bits per heavy atom. The predicted octanol–water partition coefficient (Wildman–Crippen LogP) is 5.51. The summed E-state index contributed by atoms with van der Waals surface area (Å²) >= 11 is 1.26. The molecular formula is C21H14FN5O2S. The molecule has 0 amide bonds. The maximum Gasteiger partial charge on any atom is 0.179 e. The SMILES string of the molecule is Cc1nsc(-c2nc3c(Oc4ccc(F)cc4)cc(Oc4cccnc4)cc3[nH]2)n1. The molecule has 148 valence electrons. The fourth-order valence-electron chi connectivity index (χ4n) is 2.86. The smallest absolute Gasteiger partial charge is 0.179 e. The Morgan fingerprint density at radius 2 is 1.83 bits per heavy atom. The zero-order valence-electron chi connectivity index (χ0n) is 15.7. The van der Waals surface area contributed by atoms with E-state index in [-0.39, 0.29) is 5.82 Å². The summed E-state index contributed by atoms with van der Waals surface area (Å²) < 4.78 is 29.4. The van der Waals surface area contributed by atoms with Crippen LogP contribution in [-0.4, -0.2) is 24.3 Å². The number of hydrogen-bond acceptors (Lipinski definition) is 7. The molecular weight excluding hydrogens is 405 g/mol. The van der Waals surface area contributed by atoms with Crippen LogP contribution < -0.4 is 9.47 Å². The molecule has 0 spiro atoms. The van der Waals surface area contributed by atoms with Gasteiger partial charge in [-0.2, -0.15) is 4.37 Å². The van der Waals surface area contributed by atoms with E-state index in [1.807, 2.05) is 13.0 Å². The number of aryl methyl sites for hydroxylation is 1. The second-order valence-electron chi connectivity index (χ2n) is 6.40. The van der Waals surface area contributed by atoms with Crippen LogP contribution in [0.4, 0.5) is 4.39 Å². The topological polar surface area (TPSA) is 85.8 Å². The minimum absolute atomic E-state index is 0.338. The average molecular weight is 419 g/mol. The van der Waals surface area contributed by atoms with Gasteiger partial charge in [-0.15, -0.1) is 0 Å². The van der Waals surface area contributed by atoms with Crippen molar-refractivity contribution >= 4 is 22.6 Å². The van der Waals surface area contributed by atoms with Gasteiger partial charge in [0.1, 0.15) is 34.4 Å². The molecule has 7 nitrogen and oxygen atoms in total. The number of fused-ring (bicyclic) bond motifs is 1. The largest absolute Gasteiger partial charge is 0.456 e. The minimum atomic E-state index is -0.338. The summed E-state index contributed by atoms with van der Waals surface area (Å²) in [6.45, 7) is 1.82. The summed E-state index contributed by atoms with van der Waals surface area (Å²) in [5, 5.41) is 0.672. The molecule has 3 aromatic heterocycles.